The van der Waals surface area contributed by atoms with Gasteiger partial charge in [-0.05, 0) is 43.0 Å². The van der Waals surface area contributed by atoms with Crippen LogP contribution in [0.4, 0.5) is 5.69 Å². The van der Waals surface area contributed by atoms with E-state index in [0.29, 0.717) is 11.5 Å². The fourth-order valence-corrected chi connectivity index (χ4v) is 5.15. The first-order valence-electron chi connectivity index (χ1n) is 10.3. The van der Waals surface area contributed by atoms with Gasteiger partial charge in [0.25, 0.3) is 11.6 Å². The standard InChI is InChI=1S/C22H27N3O5S/c1-4-16(2)18-8-10-19(11-9-18)31(29,30)24-14-12-23(13-15-24)22(26)20-7-5-6-17(3)21(20)25(27)28/h5-11,16H,4,12-15H2,1-3H3. The van der Waals surface area contributed by atoms with E-state index in [1.165, 1.54) is 15.3 Å². The Morgan fingerprint density at radius 3 is 2.26 bits per heavy atom. The Hall–Kier alpha value is -2.78. The third-order valence-electron chi connectivity index (χ3n) is 5.88. The van der Waals surface area contributed by atoms with Crippen molar-refractivity contribution in [3.8, 4) is 0 Å². The average molecular weight is 446 g/mol. The molecule has 3 rings (SSSR count). The van der Waals surface area contributed by atoms with Crippen molar-refractivity contribution in [1.82, 2.24) is 9.21 Å². The van der Waals surface area contributed by atoms with Crippen molar-refractivity contribution in [2.75, 3.05) is 26.2 Å². The second-order valence-corrected chi connectivity index (χ2v) is 9.74. The smallest absolute Gasteiger partial charge is 0.285 e. The fourth-order valence-electron chi connectivity index (χ4n) is 3.73. The molecule has 0 aromatic heterocycles. The Kier molecular flexibility index (Phi) is 6.76. The van der Waals surface area contributed by atoms with Crippen LogP contribution in [-0.2, 0) is 10.0 Å². The highest BCUT2D eigenvalue weighted by atomic mass is 32.2. The lowest BCUT2D eigenvalue weighted by molar-refractivity contribution is -0.385. The number of carbonyl (C=O) groups excluding carboxylic acids is 1. The molecule has 0 aliphatic carbocycles. The molecule has 1 aliphatic rings. The number of carbonyl (C=O) groups is 1. The lowest BCUT2D eigenvalue weighted by atomic mass is 9.99. The number of nitro benzene ring substituents is 1. The van der Waals surface area contributed by atoms with Gasteiger partial charge in [-0.25, -0.2) is 8.42 Å². The van der Waals surface area contributed by atoms with Gasteiger partial charge in [0, 0.05) is 31.7 Å². The molecule has 8 nitrogen and oxygen atoms in total. The zero-order valence-electron chi connectivity index (χ0n) is 17.9. The van der Waals surface area contributed by atoms with Crippen LogP contribution >= 0.6 is 0 Å². The number of hydrogen-bond acceptors (Lipinski definition) is 5. The Labute approximate surface area is 182 Å². The maximum absolute atomic E-state index is 13.0. The van der Waals surface area contributed by atoms with Gasteiger partial charge >= 0.3 is 0 Å². The van der Waals surface area contributed by atoms with Crippen LogP contribution in [0.5, 0.6) is 0 Å². The van der Waals surface area contributed by atoms with Gasteiger partial charge in [-0.3, -0.25) is 14.9 Å². The SMILES string of the molecule is CCC(C)c1ccc(S(=O)(=O)N2CCN(C(=O)c3cccc(C)c3[N+](=O)[O-])CC2)cc1. The Balaban J connectivity index is 1.73. The summed E-state index contributed by atoms with van der Waals surface area (Å²) < 4.78 is 27.4. The average Bonchev–Trinajstić information content (AvgIpc) is 2.77. The number of rotatable bonds is 6. The minimum Gasteiger partial charge on any atom is -0.336 e. The molecule has 2 aromatic carbocycles. The van der Waals surface area contributed by atoms with E-state index in [9.17, 15) is 23.3 Å². The molecule has 1 atom stereocenters. The van der Waals surface area contributed by atoms with Gasteiger partial charge in [-0.1, -0.05) is 38.1 Å². The molecular weight excluding hydrogens is 418 g/mol. The molecule has 0 spiro atoms. The molecule has 166 valence electrons. The van der Waals surface area contributed by atoms with E-state index < -0.39 is 20.9 Å². The van der Waals surface area contributed by atoms with E-state index >= 15 is 0 Å². The topological polar surface area (TPSA) is 101 Å². The van der Waals surface area contributed by atoms with Gasteiger partial charge in [0.15, 0.2) is 0 Å². The lowest BCUT2D eigenvalue weighted by Gasteiger charge is -2.34. The maximum Gasteiger partial charge on any atom is 0.285 e. The Morgan fingerprint density at radius 2 is 1.71 bits per heavy atom. The molecule has 0 radical (unpaired) electrons. The number of nitro groups is 1. The van der Waals surface area contributed by atoms with E-state index in [2.05, 4.69) is 13.8 Å². The van der Waals surface area contributed by atoms with Crippen LogP contribution in [-0.4, -0.2) is 54.6 Å². The van der Waals surface area contributed by atoms with Crippen molar-refractivity contribution in [3.63, 3.8) is 0 Å². The molecule has 0 saturated carbocycles. The van der Waals surface area contributed by atoms with Crippen LogP contribution in [0.25, 0.3) is 0 Å². The highest BCUT2D eigenvalue weighted by molar-refractivity contribution is 7.89. The summed E-state index contributed by atoms with van der Waals surface area (Å²) in [5, 5.41) is 11.4. The van der Waals surface area contributed by atoms with E-state index in [1.807, 2.05) is 12.1 Å². The highest BCUT2D eigenvalue weighted by Gasteiger charge is 2.33. The summed E-state index contributed by atoms with van der Waals surface area (Å²) >= 11 is 0. The van der Waals surface area contributed by atoms with Crippen LogP contribution in [0.2, 0.25) is 0 Å². The number of nitrogens with zero attached hydrogens (tertiary/aromatic N) is 3. The number of amides is 1. The molecule has 9 heteroatoms. The first-order valence-corrected chi connectivity index (χ1v) is 11.7. The minimum atomic E-state index is -3.67. The lowest BCUT2D eigenvalue weighted by Crippen LogP contribution is -2.50. The first-order chi connectivity index (χ1) is 14.7. The molecule has 0 N–H and O–H groups in total. The molecule has 1 unspecified atom stereocenters. The number of aryl methyl sites for hydroxylation is 1. The second kappa shape index (κ2) is 9.15. The van der Waals surface area contributed by atoms with Crippen LogP contribution in [0, 0.1) is 17.0 Å². The third-order valence-corrected chi connectivity index (χ3v) is 7.79. The minimum absolute atomic E-state index is 0.0296. The van der Waals surface area contributed by atoms with Crippen molar-refractivity contribution in [1.29, 1.82) is 0 Å². The Morgan fingerprint density at radius 1 is 1.10 bits per heavy atom. The molecule has 0 bridgehead atoms. The summed E-state index contributed by atoms with van der Waals surface area (Å²) in [5.74, 6) is -0.0951. The van der Waals surface area contributed by atoms with E-state index in [4.69, 9.17) is 0 Å². The molecule has 1 fully saturated rings. The van der Waals surface area contributed by atoms with Crippen LogP contribution in [0.3, 0.4) is 0 Å². The van der Waals surface area contributed by atoms with Crippen LogP contribution in [0.1, 0.15) is 47.7 Å². The van der Waals surface area contributed by atoms with Gasteiger partial charge in [0.1, 0.15) is 5.56 Å². The Bertz CT molecular complexity index is 1070. The molecule has 1 amide bonds. The molecule has 1 aliphatic heterocycles. The van der Waals surface area contributed by atoms with Crippen LogP contribution < -0.4 is 0 Å². The number of benzene rings is 2. The van der Waals surface area contributed by atoms with E-state index in [1.54, 1.807) is 31.2 Å². The summed E-state index contributed by atoms with van der Waals surface area (Å²) in [5.41, 5.74) is 1.33. The van der Waals surface area contributed by atoms with Gasteiger partial charge in [0.2, 0.25) is 10.0 Å². The molecular formula is C22H27N3O5S. The summed E-state index contributed by atoms with van der Waals surface area (Å²) in [6.07, 6.45) is 0.973. The second-order valence-electron chi connectivity index (χ2n) is 7.80. The highest BCUT2D eigenvalue weighted by Crippen LogP contribution is 2.26. The molecule has 31 heavy (non-hydrogen) atoms. The number of sulfonamides is 1. The third kappa shape index (κ3) is 4.62. The molecule has 1 heterocycles. The first kappa shape index (κ1) is 22.9. The van der Waals surface area contributed by atoms with Gasteiger partial charge < -0.3 is 4.90 Å². The van der Waals surface area contributed by atoms with Crippen molar-refractivity contribution in [2.24, 2.45) is 0 Å². The maximum atomic E-state index is 13.0. The zero-order valence-corrected chi connectivity index (χ0v) is 18.8. The van der Waals surface area contributed by atoms with Crippen molar-refractivity contribution >= 4 is 21.6 Å². The number of para-hydroxylation sites is 1. The normalized spacial score (nSPS) is 16.2. The van der Waals surface area contributed by atoms with Crippen molar-refractivity contribution in [3.05, 3.63) is 69.3 Å². The molecule has 1 saturated heterocycles. The van der Waals surface area contributed by atoms with Crippen molar-refractivity contribution < 1.29 is 18.1 Å². The summed E-state index contributed by atoms with van der Waals surface area (Å²) in [6, 6.07) is 11.6. The van der Waals surface area contributed by atoms with Gasteiger partial charge in [-0.15, -0.1) is 0 Å². The zero-order chi connectivity index (χ0) is 22.8. The number of piperazine rings is 1. The fraction of sp³-hybridized carbons (Fsp3) is 0.409. The predicted octanol–water partition coefficient (Wildman–Crippen LogP) is 3.56. The largest absolute Gasteiger partial charge is 0.336 e. The number of hydrogen-bond donors (Lipinski definition) is 0. The van der Waals surface area contributed by atoms with Gasteiger partial charge in [-0.2, -0.15) is 4.31 Å². The van der Waals surface area contributed by atoms with E-state index in [-0.39, 0.29) is 42.3 Å². The predicted molar refractivity (Wildman–Crippen MR) is 118 cm³/mol. The summed E-state index contributed by atoms with van der Waals surface area (Å²) in [4.78, 5) is 25.4. The van der Waals surface area contributed by atoms with Crippen LogP contribution in [0.15, 0.2) is 47.4 Å². The summed E-state index contributed by atoms with van der Waals surface area (Å²) in [6.45, 7) is 6.40. The summed E-state index contributed by atoms with van der Waals surface area (Å²) in [7, 11) is -3.67. The van der Waals surface area contributed by atoms with Crippen molar-refractivity contribution in [2.45, 2.75) is 38.0 Å². The van der Waals surface area contributed by atoms with Gasteiger partial charge in [0.05, 0.1) is 9.82 Å². The monoisotopic (exact) mass is 445 g/mol. The molecule has 2 aromatic rings. The van der Waals surface area contributed by atoms with E-state index in [0.717, 1.165) is 12.0 Å². The quantitative estimate of drug-likeness (QED) is 0.500.